The highest BCUT2D eigenvalue weighted by Crippen LogP contribution is 2.23. The molecule has 3 aromatic rings. The fourth-order valence-electron chi connectivity index (χ4n) is 2.67. The molecule has 1 fully saturated rings. The van der Waals surface area contributed by atoms with Crippen molar-refractivity contribution in [3.63, 3.8) is 0 Å². The molecule has 8 heteroatoms. The number of anilines is 2. The van der Waals surface area contributed by atoms with Gasteiger partial charge in [0.2, 0.25) is 11.8 Å². The van der Waals surface area contributed by atoms with Gasteiger partial charge in [-0.2, -0.15) is 9.50 Å². The van der Waals surface area contributed by atoms with E-state index in [0.717, 1.165) is 31.7 Å². The van der Waals surface area contributed by atoms with E-state index in [2.05, 4.69) is 20.0 Å². The molecule has 22 heavy (non-hydrogen) atoms. The molecule has 0 aliphatic carbocycles. The topological polar surface area (TPSA) is 106 Å². The fraction of sp³-hybridized carbons (Fsp3) is 0.357. The van der Waals surface area contributed by atoms with E-state index in [1.807, 2.05) is 6.07 Å². The summed E-state index contributed by atoms with van der Waals surface area (Å²) in [5, 5.41) is 13.9. The number of rotatable bonds is 2. The van der Waals surface area contributed by atoms with Gasteiger partial charge in [-0.25, -0.2) is 4.98 Å². The van der Waals surface area contributed by atoms with Crippen molar-refractivity contribution in [3.8, 4) is 11.6 Å². The van der Waals surface area contributed by atoms with Gasteiger partial charge in [-0.05, 0) is 25.0 Å². The number of aliphatic hydroxyl groups is 1. The lowest BCUT2D eigenvalue weighted by molar-refractivity contribution is 0.145. The first-order chi connectivity index (χ1) is 10.7. The summed E-state index contributed by atoms with van der Waals surface area (Å²) >= 11 is 0. The number of fused-ring (bicyclic) bond motifs is 1. The van der Waals surface area contributed by atoms with Crippen LogP contribution in [0, 0.1) is 0 Å². The Kier molecular flexibility index (Phi) is 2.97. The zero-order valence-electron chi connectivity index (χ0n) is 11.9. The molecule has 1 aliphatic heterocycles. The fourth-order valence-corrected chi connectivity index (χ4v) is 2.67. The van der Waals surface area contributed by atoms with Gasteiger partial charge in [-0.1, -0.05) is 0 Å². The van der Waals surface area contributed by atoms with E-state index in [4.69, 9.17) is 10.2 Å². The Morgan fingerprint density at radius 1 is 1.27 bits per heavy atom. The molecule has 4 rings (SSSR count). The molecule has 0 amide bonds. The first-order valence-electron chi connectivity index (χ1n) is 7.21. The molecule has 8 nitrogen and oxygen atoms in total. The minimum absolute atomic E-state index is 0.226. The van der Waals surface area contributed by atoms with Crippen molar-refractivity contribution in [3.05, 3.63) is 24.5 Å². The molecule has 4 heterocycles. The smallest absolute Gasteiger partial charge is 0.225 e. The summed E-state index contributed by atoms with van der Waals surface area (Å²) in [5.41, 5.74) is 6.63. The minimum atomic E-state index is -0.226. The van der Waals surface area contributed by atoms with Gasteiger partial charge in [0.05, 0.1) is 12.4 Å². The van der Waals surface area contributed by atoms with Gasteiger partial charge in [-0.3, -0.25) is 0 Å². The van der Waals surface area contributed by atoms with Crippen LogP contribution in [0.4, 0.5) is 11.8 Å². The highest BCUT2D eigenvalue weighted by Gasteiger charge is 2.20. The first-order valence-corrected chi connectivity index (χ1v) is 7.21. The Hall–Kier alpha value is -2.61. The zero-order chi connectivity index (χ0) is 15.1. The van der Waals surface area contributed by atoms with E-state index >= 15 is 0 Å². The van der Waals surface area contributed by atoms with Crippen LogP contribution >= 0.6 is 0 Å². The predicted octanol–water partition coefficient (Wildman–Crippen LogP) is 0.928. The van der Waals surface area contributed by atoms with Crippen LogP contribution in [-0.2, 0) is 0 Å². The van der Waals surface area contributed by atoms with Crippen LogP contribution in [0.3, 0.4) is 0 Å². The van der Waals surface area contributed by atoms with Crippen molar-refractivity contribution >= 4 is 17.4 Å². The van der Waals surface area contributed by atoms with Crippen molar-refractivity contribution in [2.45, 2.75) is 18.9 Å². The maximum Gasteiger partial charge on any atom is 0.225 e. The van der Waals surface area contributed by atoms with E-state index in [1.165, 1.54) is 4.52 Å². The second kappa shape index (κ2) is 4.99. The number of furan rings is 1. The van der Waals surface area contributed by atoms with Crippen LogP contribution < -0.4 is 10.6 Å². The van der Waals surface area contributed by atoms with Gasteiger partial charge >= 0.3 is 0 Å². The Morgan fingerprint density at radius 2 is 2.09 bits per heavy atom. The van der Waals surface area contributed by atoms with Gasteiger partial charge in [0.1, 0.15) is 5.82 Å². The van der Waals surface area contributed by atoms with E-state index in [-0.39, 0.29) is 12.1 Å². The Bertz CT molecular complexity index is 789. The van der Waals surface area contributed by atoms with Crippen LogP contribution in [-0.4, -0.2) is 43.9 Å². The summed E-state index contributed by atoms with van der Waals surface area (Å²) in [7, 11) is 0. The second-order valence-corrected chi connectivity index (χ2v) is 5.37. The number of piperidine rings is 1. The molecular formula is C14H16N6O2. The predicted molar refractivity (Wildman–Crippen MR) is 80.4 cm³/mol. The van der Waals surface area contributed by atoms with Crippen molar-refractivity contribution in [1.29, 1.82) is 0 Å². The Balaban J connectivity index is 1.73. The van der Waals surface area contributed by atoms with E-state index in [1.54, 1.807) is 18.4 Å². The number of hydrogen-bond donors (Lipinski definition) is 2. The standard InChI is InChI=1S/C14H16N6O2/c15-14-17-11(19-5-3-9(21)4-6-19)8-12-16-13(18-20(12)14)10-2-1-7-22-10/h1-2,7-9,21H,3-6H2,(H2,15,17). The summed E-state index contributed by atoms with van der Waals surface area (Å²) in [6, 6.07) is 5.44. The molecule has 0 radical (unpaired) electrons. The number of nitrogens with two attached hydrogens (primary N) is 1. The van der Waals surface area contributed by atoms with Gasteiger partial charge in [0.15, 0.2) is 11.4 Å². The molecule has 0 bridgehead atoms. The molecule has 0 aromatic carbocycles. The second-order valence-electron chi connectivity index (χ2n) is 5.37. The largest absolute Gasteiger partial charge is 0.461 e. The van der Waals surface area contributed by atoms with Crippen LogP contribution in [0.15, 0.2) is 28.9 Å². The molecule has 0 atom stereocenters. The molecule has 0 spiro atoms. The van der Waals surface area contributed by atoms with E-state index in [0.29, 0.717) is 17.2 Å². The van der Waals surface area contributed by atoms with Crippen LogP contribution in [0.2, 0.25) is 0 Å². The third-order valence-corrected chi connectivity index (χ3v) is 3.87. The van der Waals surface area contributed by atoms with Gasteiger partial charge in [0, 0.05) is 19.2 Å². The third kappa shape index (κ3) is 2.17. The van der Waals surface area contributed by atoms with E-state index in [9.17, 15) is 5.11 Å². The third-order valence-electron chi connectivity index (χ3n) is 3.87. The summed E-state index contributed by atoms with van der Waals surface area (Å²) in [5.74, 6) is 2.11. The molecule has 0 unspecified atom stereocenters. The number of nitrogen functional groups attached to an aromatic ring is 1. The number of hydrogen-bond acceptors (Lipinski definition) is 7. The summed E-state index contributed by atoms with van der Waals surface area (Å²) in [4.78, 5) is 10.9. The van der Waals surface area contributed by atoms with Gasteiger partial charge in [-0.15, -0.1) is 5.10 Å². The molecule has 3 aromatic heterocycles. The van der Waals surface area contributed by atoms with Crippen molar-refractivity contribution < 1.29 is 9.52 Å². The first kappa shape index (κ1) is 13.1. The molecule has 0 saturated carbocycles. The summed E-state index contributed by atoms with van der Waals surface area (Å²) in [6.07, 6.45) is 2.82. The number of aromatic nitrogens is 4. The van der Waals surface area contributed by atoms with Gasteiger partial charge < -0.3 is 20.2 Å². The lowest BCUT2D eigenvalue weighted by Crippen LogP contribution is -2.36. The van der Waals surface area contributed by atoms with Crippen molar-refractivity contribution in [1.82, 2.24) is 19.6 Å². The zero-order valence-corrected chi connectivity index (χ0v) is 11.9. The molecule has 1 aliphatic rings. The number of aliphatic hydroxyl groups excluding tert-OH is 1. The summed E-state index contributed by atoms with van der Waals surface area (Å²) in [6.45, 7) is 1.51. The quantitative estimate of drug-likeness (QED) is 0.725. The lowest BCUT2D eigenvalue weighted by Gasteiger charge is -2.30. The molecule has 114 valence electrons. The van der Waals surface area contributed by atoms with Crippen molar-refractivity contribution in [2.24, 2.45) is 0 Å². The van der Waals surface area contributed by atoms with Crippen LogP contribution in [0.1, 0.15) is 12.8 Å². The SMILES string of the molecule is Nc1nc(N2CCC(O)CC2)cc2nc(-c3ccco3)nn12. The normalized spacial score (nSPS) is 16.5. The molecule has 3 N–H and O–H groups in total. The molecule has 1 saturated heterocycles. The van der Waals surface area contributed by atoms with Crippen molar-refractivity contribution in [2.75, 3.05) is 23.7 Å². The Morgan fingerprint density at radius 3 is 2.82 bits per heavy atom. The average molecular weight is 300 g/mol. The Labute approximate surface area is 126 Å². The van der Waals surface area contributed by atoms with E-state index < -0.39 is 0 Å². The summed E-state index contributed by atoms with van der Waals surface area (Å²) < 4.78 is 6.81. The average Bonchev–Trinajstić information content (AvgIpc) is 3.17. The monoisotopic (exact) mass is 300 g/mol. The number of nitrogens with zero attached hydrogens (tertiary/aromatic N) is 5. The maximum atomic E-state index is 9.60. The van der Waals surface area contributed by atoms with Crippen LogP contribution in [0.5, 0.6) is 0 Å². The van der Waals surface area contributed by atoms with Crippen LogP contribution in [0.25, 0.3) is 17.2 Å². The molecular weight excluding hydrogens is 284 g/mol. The maximum absolute atomic E-state index is 9.60. The highest BCUT2D eigenvalue weighted by molar-refractivity contribution is 5.59. The lowest BCUT2D eigenvalue weighted by atomic mass is 10.1. The van der Waals surface area contributed by atoms with Gasteiger partial charge in [0.25, 0.3) is 0 Å². The highest BCUT2D eigenvalue weighted by atomic mass is 16.3. The minimum Gasteiger partial charge on any atom is -0.461 e.